The first kappa shape index (κ1) is 15.2. The van der Waals surface area contributed by atoms with E-state index < -0.39 is 6.10 Å². The van der Waals surface area contributed by atoms with Crippen LogP contribution in [0.5, 0.6) is 0 Å². The van der Waals surface area contributed by atoms with Crippen LogP contribution in [0.15, 0.2) is 15.2 Å². The number of hydrogen-bond acceptors (Lipinski definition) is 3. The number of rotatable bonds is 6. The standard InChI is InChI=1S/C13H20BrNO3/c1-4-9(5-2)10(16)7-15-13(17)12-8(3)6-11(14)18-12/h6,9-10,16H,4-5,7H2,1-3H3,(H,15,17). The molecule has 0 saturated carbocycles. The van der Waals surface area contributed by atoms with Crippen LogP contribution in [0.25, 0.3) is 0 Å². The van der Waals surface area contributed by atoms with E-state index in [9.17, 15) is 9.90 Å². The molecule has 1 unspecified atom stereocenters. The van der Waals surface area contributed by atoms with Gasteiger partial charge in [0.05, 0.1) is 6.10 Å². The van der Waals surface area contributed by atoms with E-state index in [2.05, 4.69) is 21.2 Å². The summed E-state index contributed by atoms with van der Waals surface area (Å²) in [7, 11) is 0. The fourth-order valence-electron chi connectivity index (χ4n) is 1.95. The molecule has 18 heavy (non-hydrogen) atoms. The van der Waals surface area contributed by atoms with Crippen molar-refractivity contribution in [1.29, 1.82) is 0 Å². The molecule has 0 aliphatic rings. The molecule has 2 N–H and O–H groups in total. The third-order valence-corrected chi connectivity index (χ3v) is 3.55. The summed E-state index contributed by atoms with van der Waals surface area (Å²) < 4.78 is 5.78. The van der Waals surface area contributed by atoms with Crippen molar-refractivity contribution in [3.63, 3.8) is 0 Å². The Labute approximate surface area is 116 Å². The molecule has 1 amide bonds. The highest BCUT2D eigenvalue weighted by Gasteiger charge is 2.19. The van der Waals surface area contributed by atoms with Crippen LogP contribution in [0, 0.1) is 12.8 Å². The normalized spacial score (nSPS) is 12.8. The maximum absolute atomic E-state index is 11.8. The molecule has 4 nitrogen and oxygen atoms in total. The Bertz CT molecular complexity index is 399. The minimum atomic E-state index is -0.511. The second kappa shape index (κ2) is 6.95. The largest absolute Gasteiger partial charge is 0.444 e. The predicted molar refractivity (Wildman–Crippen MR) is 73.6 cm³/mol. The molecule has 0 fully saturated rings. The van der Waals surface area contributed by atoms with Crippen LogP contribution in [0.3, 0.4) is 0 Å². The van der Waals surface area contributed by atoms with Crippen molar-refractivity contribution in [2.75, 3.05) is 6.54 Å². The molecule has 1 aromatic rings. The molecule has 1 aromatic heterocycles. The lowest BCUT2D eigenvalue weighted by molar-refractivity contribution is 0.0795. The van der Waals surface area contributed by atoms with Crippen LogP contribution in [0.1, 0.15) is 42.8 Å². The molecular weight excluding hydrogens is 298 g/mol. The lowest BCUT2D eigenvalue weighted by atomic mass is 9.96. The SMILES string of the molecule is CCC(CC)C(O)CNC(=O)c1oc(Br)cc1C. The quantitative estimate of drug-likeness (QED) is 0.848. The summed E-state index contributed by atoms with van der Waals surface area (Å²) >= 11 is 3.18. The molecular formula is C13H20BrNO3. The van der Waals surface area contributed by atoms with Gasteiger partial charge in [0.2, 0.25) is 0 Å². The van der Waals surface area contributed by atoms with Gasteiger partial charge >= 0.3 is 0 Å². The number of halogens is 1. The zero-order chi connectivity index (χ0) is 13.7. The molecule has 1 atom stereocenters. The summed E-state index contributed by atoms with van der Waals surface area (Å²) in [6.45, 7) is 6.13. The molecule has 0 spiro atoms. The van der Waals surface area contributed by atoms with E-state index in [0.717, 1.165) is 18.4 Å². The zero-order valence-electron chi connectivity index (χ0n) is 11.0. The first-order valence-electron chi connectivity index (χ1n) is 6.21. The number of carbonyl (C=O) groups is 1. The van der Waals surface area contributed by atoms with Gasteiger partial charge in [-0.3, -0.25) is 4.79 Å². The van der Waals surface area contributed by atoms with Crippen molar-refractivity contribution in [1.82, 2.24) is 5.32 Å². The molecule has 0 bridgehead atoms. The lowest BCUT2D eigenvalue weighted by Gasteiger charge is -2.20. The maximum Gasteiger partial charge on any atom is 0.287 e. The number of aryl methyl sites for hydroxylation is 1. The average molecular weight is 318 g/mol. The molecule has 1 heterocycles. The molecule has 0 aliphatic carbocycles. The topological polar surface area (TPSA) is 62.5 Å². The summed E-state index contributed by atoms with van der Waals surface area (Å²) in [5.74, 6) is 0.219. The Morgan fingerprint density at radius 3 is 2.56 bits per heavy atom. The number of nitrogens with one attached hydrogen (secondary N) is 1. The molecule has 0 aromatic carbocycles. The maximum atomic E-state index is 11.8. The number of carbonyl (C=O) groups excluding carboxylic acids is 1. The number of aliphatic hydroxyl groups is 1. The summed E-state index contributed by atoms with van der Waals surface area (Å²) in [6, 6.07) is 1.74. The van der Waals surface area contributed by atoms with Gasteiger partial charge in [-0.15, -0.1) is 0 Å². The fraction of sp³-hybridized carbons (Fsp3) is 0.615. The van der Waals surface area contributed by atoms with E-state index in [-0.39, 0.29) is 18.4 Å². The summed E-state index contributed by atoms with van der Waals surface area (Å²) in [4.78, 5) is 11.8. The van der Waals surface area contributed by atoms with E-state index in [4.69, 9.17) is 4.42 Å². The first-order chi connectivity index (χ1) is 8.49. The van der Waals surface area contributed by atoms with Crippen molar-refractivity contribution in [2.24, 2.45) is 5.92 Å². The summed E-state index contributed by atoms with van der Waals surface area (Å²) in [6.07, 6.45) is 1.29. The highest BCUT2D eigenvalue weighted by molar-refractivity contribution is 9.10. The molecule has 5 heteroatoms. The second-order valence-corrected chi connectivity index (χ2v) is 5.20. The smallest absolute Gasteiger partial charge is 0.287 e. The zero-order valence-corrected chi connectivity index (χ0v) is 12.6. The Morgan fingerprint density at radius 1 is 1.50 bits per heavy atom. The van der Waals surface area contributed by atoms with E-state index >= 15 is 0 Å². The Balaban J connectivity index is 2.53. The van der Waals surface area contributed by atoms with Crippen molar-refractivity contribution in [3.8, 4) is 0 Å². The van der Waals surface area contributed by atoms with Gasteiger partial charge in [0.15, 0.2) is 10.4 Å². The Morgan fingerprint density at radius 2 is 2.11 bits per heavy atom. The van der Waals surface area contributed by atoms with Crippen molar-refractivity contribution < 1.29 is 14.3 Å². The lowest BCUT2D eigenvalue weighted by Crippen LogP contribution is -2.36. The molecule has 0 radical (unpaired) electrons. The van der Waals surface area contributed by atoms with Gasteiger partial charge in [-0.05, 0) is 34.8 Å². The number of furan rings is 1. The minimum Gasteiger partial charge on any atom is -0.444 e. The van der Waals surface area contributed by atoms with Gasteiger partial charge < -0.3 is 14.8 Å². The second-order valence-electron chi connectivity index (χ2n) is 4.42. The third kappa shape index (κ3) is 3.85. The first-order valence-corrected chi connectivity index (χ1v) is 7.01. The van der Waals surface area contributed by atoms with Gasteiger partial charge in [0.25, 0.3) is 5.91 Å². The van der Waals surface area contributed by atoms with Gasteiger partial charge in [0.1, 0.15) is 0 Å². The van der Waals surface area contributed by atoms with Gasteiger partial charge in [0, 0.05) is 12.1 Å². The summed E-state index contributed by atoms with van der Waals surface area (Å²) in [5.41, 5.74) is 0.774. The van der Waals surface area contributed by atoms with E-state index in [1.807, 2.05) is 13.8 Å². The van der Waals surface area contributed by atoms with Crippen molar-refractivity contribution in [3.05, 3.63) is 22.1 Å². The number of amides is 1. The Hall–Kier alpha value is -0.810. The Kier molecular flexibility index (Phi) is 5.88. The van der Waals surface area contributed by atoms with Crippen molar-refractivity contribution >= 4 is 21.8 Å². The van der Waals surface area contributed by atoms with Crippen LogP contribution in [0.2, 0.25) is 0 Å². The van der Waals surface area contributed by atoms with Crippen LogP contribution in [-0.2, 0) is 0 Å². The van der Waals surface area contributed by atoms with Crippen molar-refractivity contribution in [2.45, 2.75) is 39.7 Å². The van der Waals surface area contributed by atoms with Gasteiger partial charge in [-0.2, -0.15) is 0 Å². The van der Waals surface area contributed by atoms with Gasteiger partial charge in [-0.1, -0.05) is 26.7 Å². The van der Waals surface area contributed by atoms with E-state index in [1.54, 1.807) is 13.0 Å². The number of aliphatic hydroxyl groups excluding tert-OH is 1. The highest BCUT2D eigenvalue weighted by Crippen LogP contribution is 2.19. The monoisotopic (exact) mass is 317 g/mol. The highest BCUT2D eigenvalue weighted by atomic mass is 79.9. The number of hydrogen-bond donors (Lipinski definition) is 2. The third-order valence-electron chi connectivity index (χ3n) is 3.16. The summed E-state index contributed by atoms with van der Waals surface area (Å²) in [5, 5.41) is 12.6. The van der Waals surface area contributed by atoms with E-state index in [0.29, 0.717) is 10.4 Å². The van der Waals surface area contributed by atoms with E-state index in [1.165, 1.54) is 0 Å². The van der Waals surface area contributed by atoms with Crippen LogP contribution >= 0.6 is 15.9 Å². The molecule has 102 valence electrons. The molecule has 1 rings (SSSR count). The van der Waals surface area contributed by atoms with Crippen LogP contribution in [0.4, 0.5) is 0 Å². The minimum absolute atomic E-state index is 0.217. The average Bonchev–Trinajstić information content (AvgIpc) is 2.67. The fourth-order valence-corrected chi connectivity index (χ4v) is 2.45. The molecule has 0 aliphatic heterocycles. The van der Waals surface area contributed by atoms with Crippen LogP contribution in [-0.4, -0.2) is 23.7 Å². The molecule has 0 saturated heterocycles. The predicted octanol–water partition coefficient (Wildman–Crippen LogP) is 2.88. The van der Waals surface area contributed by atoms with Gasteiger partial charge in [-0.25, -0.2) is 0 Å². The van der Waals surface area contributed by atoms with Crippen LogP contribution < -0.4 is 5.32 Å².